The summed E-state index contributed by atoms with van der Waals surface area (Å²) >= 11 is 0. The molecule has 0 amide bonds. The minimum atomic E-state index is -0.807. The molecule has 0 fully saturated rings. The van der Waals surface area contributed by atoms with Crippen molar-refractivity contribution >= 4 is 29.2 Å². The second-order valence-electron chi connectivity index (χ2n) is 4.09. The van der Waals surface area contributed by atoms with Gasteiger partial charge in [-0.05, 0) is 31.2 Å². The second-order valence-corrected chi connectivity index (χ2v) is 4.09. The number of pyridine rings is 1. The highest BCUT2D eigenvalue weighted by atomic mass is 16.7. The lowest BCUT2D eigenvalue weighted by molar-refractivity contribution is 0.104. The second kappa shape index (κ2) is 7.02. The van der Waals surface area contributed by atoms with Crippen LogP contribution >= 0.6 is 0 Å². The molecule has 1 aromatic heterocycles. The minimum absolute atomic E-state index is 0.160. The van der Waals surface area contributed by atoms with Crippen LogP contribution in [0.15, 0.2) is 46.6 Å². The van der Waals surface area contributed by atoms with E-state index in [4.69, 9.17) is 20.9 Å². The molecule has 0 spiro atoms. The lowest BCUT2D eigenvalue weighted by Crippen LogP contribution is -2.09. The minimum Gasteiger partial charge on any atom is -0.434 e. The molecule has 0 aliphatic rings. The van der Waals surface area contributed by atoms with Crippen molar-refractivity contribution in [2.75, 3.05) is 18.1 Å². The molecule has 0 atom stereocenters. The van der Waals surface area contributed by atoms with E-state index in [0.29, 0.717) is 17.2 Å². The smallest absolute Gasteiger partial charge is 0.434 e. The average molecular weight is 301 g/mol. The Labute approximate surface area is 126 Å². The maximum atomic E-state index is 11.4. The highest BCUT2D eigenvalue weighted by Gasteiger charge is 2.09. The first-order valence-corrected chi connectivity index (χ1v) is 6.47. The normalized spacial score (nSPS) is 10.6. The summed E-state index contributed by atoms with van der Waals surface area (Å²) in [6, 6.07) is 9.81. The van der Waals surface area contributed by atoms with Crippen molar-refractivity contribution in [3.63, 3.8) is 0 Å². The van der Waals surface area contributed by atoms with Crippen LogP contribution in [0, 0.1) is 0 Å². The van der Waals surface area contributed by atoms with Crippen LogP contribution in [0.1, 0.15) is 6.92 Å². The number of nitrogens with zero attached hydrogens (tertiary/aromatic N) is 3. The third-order valence-electron chi connectivity index (χ3n) is 2.51. The molecular formula is C14H15N5O3. The molecule has 22 heavy (non-hydrogen) atoms. The number of carbonyl (C=O) groups is 1. The van der Waals surface area contributed by atoms with Gasteiger partial charge >= 0.3 is 6.16 Å². The Morgan fingerprint density at radius 3 is 2.59 bits per heavy atom. The number of benzene rings is 1. The summed E-state index contributed by atoms with van der Waals surface area (Å²) in [5.41, 5.74) is 11.9. The van der Waals surface area contributed by atoms with Gasteiger partial charge in [-0.15, -0.1) is 10.2 Å². The highest BCUT2D eigenvalue weighted by Crippen LogP contribution is 2.30. The van der Waals surface area contributed by atoms with Gasteiger partial charge in [-0.1, -0.05) is 12.1 Å². The first-order chi connectivity index (χ1) is 10.6. The summed E-state index contributed by atoms with van der Waals surface area (Å²) in [5.74, 6) is 0.682. The van der Waals surface area contributed by atoms with E-state index in [-0.39, 0.29) is 18.2 Å². The molecule has 0 aliphatic heterocycles. The zero-order chi connectivity index (χ0) is 15.9. The van der Waals surface area contributed by atoms with Gasteiger partial charge in [0.15, 0.2) is 11.6 Å². The Kier molecular flexibility index (Phi) is 4.86. The van der Waals surface area contributed by atoms with Crippen LogP contribution in [-0.2, 0) is 4.74 Å². The van der Waals surface area contributed by atoms with Crippen molar-refractivity contribution in [1.29, 1.82) is 0 Å². The van der Waals surface area contributed by atoms with E-state index in [1.807, 2.05) is 0 Å². The summed E-state index contributed by atoms with van der Waals surface area (Å²) in [6.45, 7) is 1.90. The van der Waals surface area contributed by atoms with Crippen molar-refractivity contribution in [1.82, 2.24) is 4.98 Å². The molecule has 2 aromatic rings. The number of hydrogen-bond donors (Lipinski definition) is 2. The summed E-state index contributed by atoms with van der Waals surface area (Å²) in [6.07, 6.45) is -0.807. The molecule has 8 nitrogen and oxygen atoms in total. The third-order valence-corrected chi connectivity index (χ3v) is 2.51. The average Bonchev–Trinajstić information content (AvgIpc) is 2.48. The first-order valence-electron chi connectivity index (χ1n) is 6.47. The van der Waals surface area contributed by atoms with Crippen molar-refractivity contribution < 1.29 is 14.3 Å². The van der Waals surface area contributed by atoms with Gasteiger partial charge in [0.05, 0.1) is 6.61 Å². The van der Waals surface area contributed by atoms with Gasteiger partial charge in [0.25, 0.3) is 0 Å². The molecule has 2 rings (SSSR count). The lowest BCUT2D eigenvalue weighted by Gasteiger charge is -2.06. The standard InChI is InChI=1S/C14H15N5O3/c1-2-21-14(20)22-11-6-4-3-5-9(11)18-19-10-7-8-12(15)17-13(10)16/h3-8H,2H2,1H3,(H4,15,16,17). The lowest BCUT2D eigenvalue weighted by atomic mass is 10.3. The maximum absolute atomic E-state index is 11.4. The van der Waals surface area contributed by atoms with Crippen LogP contribution < -0.4 is 16.2 Å². The van der Waals surface area contributed by atoms with E-state index in [9.17, 15) is 4.79 Å². The highest BCUT2D eigenvalue weighted by molar-refractivity contribution is 5.67. The number of azo groups is 1. The number of hydrogen-bond acceptors (Lipinski definition) is 8. The first kappa shape index (κ1) is 15.2. The Morgan fingerprint density at radius 1 is 1.14 bits per heavy atom. The van der Waals surface area contributed by atoms with Crippen molar-refractivity contribution in [3.8, 4) is 5.75 Å². The summed E-state index contributed by atoms with van der Waals surface area (Å²) in [7, 11) is 0. The summed E-state index contributed by atoms with van der Waals surface area (Å²) < 4.78 is 9.76. The van der Waals surface area contributed by atoms with Crippen LogP contribution in [0.25, 0.3) is 0 Å². The Balaban J connectivity index is 2.22. The Bertz CT molecular complexity index is 703. The van der Waals surface area contributed by atoms with Gasteiger partial charge in [0, 0.05) is 0 Å². The largest absolute Gasteiger partial charge is 0.513 e. The molecule has 0 saturated heterocycles. The number of rotatable bonds is 4. The van der Waals surface area contributed by atoms with Gasteiger partial charge in [0.2, 0.25) is 0 Å². The van der Waals surface area contributed by atoms with Crippen LogP contribution in [0.5, 0.6) is 5.75 Å². The number of nitrogens with two attached hydrogens (primary N) is 2. The predicted octanol–water partition coefficient (Wildman–Crippen LogP) is 3.20. The van der Waals surface area contributed by atoms with E-state index in [2.05, 4.69) is 15.2 Å². The molecule has 8 heteroatoms. The summed E-state index contributed by atoms with van der Waals surface area (Å²) in [5, 5.41) is 7.99. The van der Waals surface area contributed by atoms with Crippen molar-refractivity contribution in [3.05, 3.63) is 36.4 Å². The number of para-hydroxylation sites is 1. The monoisotopic (exact) mass is 301 g/mol. The molecule has 0 saturated carbocycles. The van der Waals surface area contributed by atoms with E-state index in [0.717, 1.165) is 0 Å². The van der Waals surface area contributed by atoms with E-state index < -0.39 is 6.16 Å². The van der Waals surface area contributed by atoms with Crippen LogP contribution in [0.3, 0.4) is 0 Å². The third kappa shape index (κ3) is 3.92. The fourth-order valence-electron chi connectivity index (χ4n) is 1.54. The number of anilines is 2. The van der Waals surface area contributed by atoms with Crippen molar-refractivity contribution in [2.24, 2.45) is 10.2 Å². The molecule has 0 radical (unpaired) electrons. The molecule has 0 bridgehead atoms. The summed E-state index contributed by atoms with van der Waals surface area (Å²) in [4.78, 5) is 15.2. The number of ether oxygens (including phenoxy) is 2. The molecular weight excluding hydrogens is 286 g/mol. The Hall–Kier alpha value is -3.16. The van der Waals surface area contributed by atoms with E-state index in [1.54, 1.807) is 43.3 Å². The van der Waals surface area contributed by atoms with E-state index >= 15 is 0 Å². The SMILES string of the molecule is CCOC(=O)Oc1ccccc1N=Nc1ccc(N)nc1N. The fourth-order valence-corrected chi connectivity index (χ4v) is 1.54. The Morgan fingerprint density at radius 2 is 1.86 bits per heavy atom. The predicted molar refractivity (Wildman–Crippen MR) is 81.3 cm³/mol. The zero-order valence-corrected chi connectivity index (χ0v) is 11.9. The molecule has 114 valence electrons. The van der Waals surface area contributed by atoms with Crippen LogP contribution in [0.4, 0.5) is 27.8 Å². The van der Waals surface area contributed by atoms with Crippen molar-refractivity contribution in [2.45, 2.75) is 6.92 Å². The number of carbonyl (C=O) groups excluding carboxylic acids is 1. The van der Waals surface area contributed by atoms with Crippen LogP contribution in [-0.4, -0.2) is 17.7 Å². The fraction of sp³-hybridized carbons (Fsp3) is 0.143. The van der Waals surface area contributed by atoms with Crippen LogP contribution in [0.2, 0.25) is 0 Å². The zero-order valence-electron chi connectivity index (χ0n) is 11.9. The van der Waals surface area contributed by atoms with Gasteiger partial charge < -0.3 is 20.9 Å². The molecule has 1 aromatic carbocycles. The van der Waals surface area contributed by atoms with Gasteiger partial charge in [-0.2, -0.15) is 0 Å². The van der Waals surface area contributed by atoms with Gasteiger partial charge in [-0.25, -0.2) is 9.78 Å². The topological polar surface area (TPSA) is 125 Å². The quantitative estimate of drug-likeness (QED) is 0.507. The molecule has 1 heterocycles. The van der Waals surface area contributed by atoms with Gasteiger partial charge in [0.1, 0.15) is 17.2 Å². The molecule has 4 N–H and O–H groups in total. The maximum Gasteiger partial charge on any atom is 0.513 e. The number of aromatic nitrogens is 1. The number of nitrogen functional groups attached to an aromatic ring is 2. The molecule has 0 aliphatic carbocycles. The van der Waals surface area contributed by atoms with Gasteiger partial charge in [-0.3, -0.25) is 0 Å². The van der Waals surface area contributed by atoms with E-state index in [1.165, 1.54) is 0 Å². The molecule has 0 unspecified atom stereocenters.